The van der Waals surface area contributed by atoms with Crippen LogP contribution in [-0.2, 0) is 10.8 Å². The van der Waals surface area contributed by atoms with E-state index in [9.17, 15) is 0 Å². The first-order valence-corrected chi connectivity index (χ1v) is 10.0. The van der Waals surface area contributed by atoms with Gasteiger partial charge in [-0.3, -0.25) is 0 Å². The van der Waals surface area contributed by atoms with Crippen LogP contribution in [0.1, 0.15) is 90.5 Å². The van der Waals surface area contributed by atoms with Crippen LogP contribution in [0.3, 0.4) is 0 Å². The Kier molecular flexibility index (Phi) is 6.17. The topological polar surface area (TPSA) is 0 Å². The van der Waals surface area contributed by atoms with E-state index in [-0.39, 0.29) is 10.8 Å². The van der Waals surface area contributed by atoms with E-state index in [0.717, 1.165) is 12.8 Å². The molecule has 0 N–H and O–H groups in total. The normalized spacial score (nSPS) is 13.5. The zero-order chi connectivity index (χ0) is 19.5. The van der Waals surface area contributed by atoms with Crippen LogP contribution < -0.4 is 0 Å². The summed E-state index contributed by atoms with van der Waals surface area (Å²) in [5, 5.41) is 0. The highest BCUT2D eigenvalue weighted by Gasteiger charge is 2.16. The van der Waals surface area contributed by atoms with Crippen molar-refractivity contribution in [3.8, 4) is 0 Å². The van der Waals surface area contributed by atoms with Gasteiger partial charge in [-0.1, -0.05) is 104 Å². The van der Waals surface area contributed by atoms with Gasteiger partial charge in [-0.05, 0) is 57.1 Å². The summed E-state index contributed by atoms with van der Waals surface area (Å²) in [4.78, 5) is 0. The van der Waals surface area contributed by atoms with Gasteiger partial charge >= 0.3 is 0 Å². The Morgan fingerprint density at radius 3 is 1.00 bits per heavy atom. The highest BCUT2D eigenvalue weighted by atomic mass is 14.2. The molecule has 26 heavy (non-hydrogen) atoms. The maximum Gasteiger partial charge on any atom is -0.0132 e. The van der Waals surface area contributed by atoms with Crippen LogP contribution in [0, 0.1) is 0 Å². The van der Waals surface area contributed by atoms with Crippen LogP contribution >= 0.6 is 0 Å². The Morgan fingerprint density at radius 1 is 0.538 bits per heavy atom. The predicted molar refractivity (Wildman–Crippen MR) is 118 cm³/mol. The molecule has 0 radical (unpaired) electrons. The van der Waals surface area contributed by atoms with Crippen molar-refractivity contribution in [1.82, 2.24) is 0 Å². The average Bonchev–Trinajstić information content (AvgIpc) is 2.58. The summed E-state index contributed by atoms with van der Waals surface area (Å²) in [5.41, 5.74) is 8.84. The second-order valence-electron chi connectivity index (χ2n) is 9.32. The van der Waals surface area contributed by atoms with Crippen molar-refractivity contribution < 1.29 is 0 Å². The maximum absolute atomic E-state index is 2.30. The third-order valence-corrected chi connectivity index (χ3v) is 5.27. The molecule has 0 aromatic heterocycles. The Morgan fingerprint density at radius 2 is 0.808 bits per heavy atom. The van der Waals surface area contributed by atoms with Gasteiger partial charge < -0.3 is 0 Å². The van der Waals surface area contributed by atoms with Gasteiger partial charge in [0.15, 0.2) is 0 Å². The lowest BCUT2D eigenvalue weighted by molar-refractivity contribution is 0.590. The summed E-state index contributed by atoms with van der Waals surface area (Å²) < 4.78 is 0. The van der Waals surface area contributed by atoms with Crippen molar-refractivity contribution in [2.75, 3.05) is 0 Å². The molecule has 2 aromatic rings. The molecule has 140 valence electrons. The minimum atomic E-state index is 0.199. The molecule has 0 spiro atoms. The molecule has 0 nitrogen and oxygen atoms in total. The molecule has 0 aliphatic heterocycles. The van der Waals surface area contributed by atoms with E-state index in [2.05, 4.69) is 104 Å². The highest BCUT2D eigenvalue weighted by Crippen LogP contribution is 2.33. The second-order valence-corrected chi connectivity index (χ2v) is 9.32. The lowest BCUT2D eigenvalue weighted by atomic mass is 9.84. The predicted octanol–water partition coefficient (Wildman–Crippen LogP) is 8.01. The Balaban J connectivity index is 2.47. The van der Waals surface area contributed by atoms with Gasteiger partial charge in [0.2, 0.25) is 0 Å². The molecule has 0 heteroatoms. The number of rotatable bonds is 4. The van der Waals surface area contributed by atoms with Crippen LogP contribution in [0.5, 0.6) is 0 Å². The summed E-state index contributed by atoms with van der Waals surface area (Å²) in [5.74, 6) is 0. The first-order valence-electron chi connectivity index (χ1n) is 10.0. The van der Waals surface area contributed by atoms with E-state index in [1.807, 2.05) is 0 Å². The SMILES string of the molecule is CCC(=C(CC)c1ccc(C(C)(C)C)cc1)c1ccc(C(C)(C)C)cc1. The van der Waals surface area contributed by atoms with Crippen LogP contribution in [0.25, 0.3) is 11.1 Å². The van der Waals surface area contributed by atoms with Crippen LogP contribution in [0.2, 0.25) is 0 Å². The van der Waals surface area contributed by atoms with Crippen molar-refractivity contribution in [3.63, 3.8) is 0 Å². The second kappa shape index (κ2) is 7.82. The minimum Gasteiger partial charge on any atom is -0.0613 e. The summed E-state index contributed by atoms with van der Waals surface area (Å²) in [6.07, 6.45) is 2.11. The summed E-state index contributed by atoms with van der Waals surface area (Å²) in [6.45, 7) is 18.2. The smallest absolute Gasteiger partial charge is 0.0132 e. The largest absolute Gasteiger partial charge is 0.0613 e. The molecular formula is C26H36. The van der Waals surface area contributed by atoms with E-state index in [1.54, 1.807) is 0 Å². The number of hydrogen-bond donors (Lipinski definition) is 0. The quantitative estimate of drug-likeness (QED) is 0.491. The molecule has 0 amide bonds. The Hall–Kier alpha value is -1.82. The van der Waals surface area contributed by atoms with Crippen molar-refractivity contribution in [2.24, 2.45) is 0 Å². The Labute approximate surface area is 161 Å². The van der Waals surface area contributed by atoms with Gasteiger partial charge in [0.25, 0.3) is 0 Å². The third-order valence-electron chi connectivity index (χ3n) is 5.27. The molecule has 0 fully saturated rings. The van der Waals surface area contributed by atoms with E-state index in [0.29, 0.717) is 0 Å². The van der Waals surface area contributed by atoms with Crippen LogP contribution in [-0.4, -0.2) is 0 Å². The first-order chi connectivity index (χ1) is 12.1. The number of benzene rings is 2. The van der Waals surface area contributed by atoms with Gasteiger partial charge in [-0.25, -0.2) is 0 Å². The molecule has 0 aliphatic rings. The zero-order valence-corrected chi connectivity index (χ0v) is 18.0. The lowest BCUT2D eigenvalue weighted by Crippen LogP contribution is -2.11. The van der Waals surface area contributed by atoms with Crippen molar-refractivity contribution in [2.45, 2.75) is 79.1 Å². The number of hydrogen-bond acceptors (Lipinski definition) is 0. The fourth-order valence-corrected chi connectivity index (χ4v) is 3.53. The molecule has 0 bridgehead atoms. The molecule has 0 saturated carbocycles. The van der Waals surface area contributed by atoms with Crippen LogP contribution in [0.4, 0.5) is 0 Å². The van der Waals surface area contributed by atoms with E-state index < -0.39 is 0 Å². The summed E-state index contributed by atoms with van der Waals surface area (Å²) in [6, 6.07) is 18.4. The summed E-state index contributed by atoms with van der Waals surface area (Å²) >= 11 is 0. The first kappa shape index (κ1) is 20.5. The van der Waals surface area contributed by atoms with E-state index in [4.69, 9.17) is 0 Å². The van der Waals surface area contributed by atoms with Gasteiger partial charge in [0, 0.05) is 0 Å². The van der Waals surface area contributed by atoms with Gasteiger partial charge in [-0.2, -0.15) is 0 Å². The molecule has 0 heterocycles. The third kappa shape index (κ3) is 4.67. The Bertz CT molecular complexity index is 674. The summed E-state index contributed by atoms with van der Waals surface area (Å²) in [7, 11) is 0. The standard InChI is InChI=1S/C26H36/c1-9-23(19-11-15-21(16-12-19)25(3,4)5)24(10-2)20-13-17-22(18-14-20)26(6,7)8/h11-18H,9-10H2,1-8H3. The van der Waals surface area contributed by atoms with Crippen LogP contribution in [0.15, 0.2) is 48.5 Å². The molecule has 2 rings (SSSR count). The molecule has 0 saturated heterocycles. The molecule has 0 aliphatic carbocycles. The molecule has 2 aromatic carbocycles. The number of allylic oxidation sites excluding steroid dienone is 2. The highest BCUT2D eigenvalue weighted by molar-refractivity contribution is 5.90. The molecule has 0 atom stereocenters. The maximum atomic E-state index is 2.30. The van der Waals surface area contributed by atoms with Crippen molar-refractivity contribution in [3.05, 3.63) is 70.8 Å². The minimum absolute atomic E-state index is 0.199. The van der Waals surface area contributed by atoms with Gasteiger partial charge in [0.1, 0.15) is 0 Å². The monoisotopic (exact) mass is 348 g/mol. The van der Waals surface area contributed by atoms with E-state index >= 15 is 0 Å². The van der Waals surface area contributed by atoms with Crippen molar-refractivity contribution in [1.29, 1.82) is 0 Å². The van der Waals surface area contributed by atoms with E-state index in [1.165, 1.54) is 33.4 Å². The van der Waals surface area contributed by atoms with Gasteiger partial charge in [0.05, 0.1) is 0 Å². The fourth-order valence-electron chi connectivity index (χ4n) is 3.53. The molecular weight excluding hydrogens is 312 g/mol. The molecule has 0 unspecified atom stereocenters. The van der Waals surface area contributed by atoms with Crippen molar-refractivity contribution >= 4 is 11.1 Å². The average molecular weight is 349 g/mol. The lowest BCUT2D eigenvalue weighted by Gasteiger charge is -2.21. The fraction of sp³-hybridized carbons (Fsp3) is 0.462. The van der Waals surface area contributed by atoms with Gasteiger partial charge in [-0.15, -0.1) is 0 Å². The zero-order valence-electron chi connectivity index (χ0n) is 18.0.